The summed E-state index contributed by atoms with van der Waals surface area (Å²) in [6, 6.07) is 12.7. The molecule has 2 aromatic rings. The van der Waals surface area contributed by atoms with Gasteiger partial charge in [0, 0.05) is 12.6 Å². The third-order valence-corrected chi connectivity index (χ3v) is 4.30. The van der Waals surface area contributed by atoms with Crippen molar-refractivity contribution in [2.24, 2.45) is 0 Å². The second-order valence-corrected chi connectivity index (χ2v) is 6.28. The number of carbonyl (C=O) groups excluding carboxylic acids is 1. The van der Waals surface area contributed by atoms with Crippen molar-refractivity contribution in [2.45, 2.75) is 26.8 Å². The maximum atomic E-state index is 12.9. The first-order valence-corrected chi connectivity index (χ1v) is 8.78. The van der Waals surface area contributed by atoms with E-state index in [2.05, 4.69) is 0 Å². The van der Waals surface area contributed by atoms with Crippen molar-refractivity contribution in [3.8, 4) is 11.5 Å². The lowest BCUT2D eigenvalue weighted by atomic mass is 10.0. The minimum absolute atomic E-state index is 0.100. The molecule has 27 heavy (non-hydrogen) atoms. The van der Waals surface area contributed by atoms with Crippen LogP contribution in [0.5, 0.6) is 11.5 Å². The molecule has 2 aromatic carbocycles. The highest BCUT2D eigenvalue weighted by Crippen LogP contribution is 2.30. The number of benzene rings is 2. The van der Waals surface area contributed by atoms with Crippen LogP contribution in [0, 0.1) is 6.92 Å². The van der Waals surface area contributed by atoms with Crippen molar-refractivity contribution < 1.29 is 24.2 Å². The van der Waals surface area contributed by atoms with Gasteiger partial charge in [0.25, 0.3) is 5.91 Å². The average molecular weight is 371 g/mol. The Morgan fingerprint density at radius 1 is 1.07 bits per heavy atom. The van der Waals surface area contributed by atoms with E-state index in [1.54, 1.807) is 37.1 Å². The summed E-state index contributed by atoms with van der Waals surface area (Å²) in [5, 5.41) is 8.77. The Kier molecular flexibility index (Phi) is 6.82. The second-order valence-electron chi connectivity index (χ2n) is 6.28. The number of carboxylic acids is 1. The van der Waals surface area contributed by atoms with Gasteiger partial charge in [-0.15, -0.1) is 0 Å². The SMILES string of the molecule is CCOc1cc(C(=O)N(C)C(C)c2ccc(C)cc2)ccc1OCC(=O)O. The van der Waals surface area contributed by atoms with Crippen molar-refractivity contribution in [2.75, 3.05) is 20.3 Å². The fourth-order valence-electron chi connectivity index (χ4n) is 2.62. The largest absolute Gasteiger partial charge is 0.490 e. The van der Waals surface area contributed by atoms with Crippen LogP contribution in [-0.4, -0.2) is 42.1 Å². The molecule has 0 aliphatic rings. The molecule has 1 N–H and O–H groups in total. The smallest absolute Gasteiger partial charge is 0.341 e. The second kappa shape index (κ2) is 9.07. The lowest BCUT2D eigenvalue weighted by Crippen LogP contribution is -2.29. The monoisotopic (exact) mass is 371 g/mol. The van der Waals surface area contributed by atoms with Gasteiger partial charge in [0.05, 0.1) is 12.6 Å². The average Bonchev–Trinajstić information content (AvgIpc) is 2.66. The summed E-state index contributed by atoms with van der Waals surface area (Å²) in [7, 11) is 1.75. The van der Waals surface area contributed by atoms with E-state index in [9.17, 15) is 9.59 Å². The number of ether oxygens (including phenoxy) is 2. The van der Waals surface area contributed by atoms with Crippen molar-refractivity contribution in [3.63, 3.8) is 0 Å². The van der Waals surface area contributed by atoms with E-state index in [1.807, 2.05) is 38.1 Å². The van der Waals surface area contributed by atoms with Gasteiger partial charge in [-0.3, -0.25) is 4.79 Å². The fraction of sp³-hybridized carbons (Fsp3) is 0.333. The number of rotatable bonds is 8. The Morgan fingerprint density at radius 2 is 1.74 bits per heavy atom. The number of amides is 1. The molecule has 0 saturated heterocycles. The Balaban J connectivity index is 2.22. The molecule has 0 radical (unpaired) electrons. The summed E-state index contributed by atoms with van der Waals surface area (Å²) < 4.78 is 10.7. The molecular weight excluding hydrogens is 346 g/mol. The molecule has 0 bridgehead atoms. The molecule has 1 unspecified atom stereocenters. The topological polar surface area (TPSA) is 76.1 Å². The van der Waals surface area contributed by atoms with Crippen LogP contribution in [0.4, 0.5) is 0 Å². The predicted octanol–water partition coefficient (Wildman–Crippen LogP) is 3.69. The number of hydrogen-bond acceptors (Lipinski definition) is 4. The molecule has 0 fully saturated rings. The molecular formula is C21H25NO5. The highest BCUT2D eigenvalue weighted by molar-refractivity contribution is 5.95. The third-order valence-electron chi connectivity index (χ3n) is 4.30. The number of hydrogen-bond donors (Lipinski definition) is 1. The molecule has 2 rings (SSSR count). The Morgan fingerprint density at radius 3 is 2.33 bits per heavy atom. The van der Waals surface area contributed by atoms with Gasteiger partial charge in [-0.1, -0.05) is 29.8 Å². The summed E-state index contributed by atoms with van der Waals surface area (Å²) in [4.78, 5) is 25.3. The first kappa shape index (κ1) is 20.3. The molecule has 0 aliphatic heterocycles. The summed E-state index contributed by atoms with van der Waals surface area (Å²) in [6.45, 7) is 5.69. The molecule has 6 heteroatoms. The van der Waals surface area contributed by atoms with E-state index in [1.165, 1.54) is 5.56 Å². The highest BCUT2D eigenvalue weighted by Gasteiger charge is 2.20. The fourth-order valence-corrected chi connectivity index (χ4v) is 2.62. The van der Waals surface area contributed by atoms with Crippen LogP contribution in [0.25, 0.3) is 0 Å². The van der Waals surface area contributed by atoms with Crippen LogP contribution in [0.2, 0.25) is 0 Å². The molecule has 0 aliphatic carbocycles. The Hall–Kier alpha value is -3.02. The first-order chi connectivity index (χ1) is 12.8. The molecule has 1 amide bonds. The van der Waals surface area contributed by atoms with Gasteiger partial charge in [-0.2, -0.15) is 0 Å². The van der Waals surface area contributed by atoms with Crippen LogP contribution in [0.3, 0.4) is 0 Å². The van der Waals surface area contributed by atoms with Crippen molar-refractivity contribution >= 4 is 11.9 Å². The molecule has 0 aromatic heterocycles. The summed E-state index contributed by atoms with van der Waals surface area (Å²) in [6.07, 6.45) is 0. The zero-order valence-corrected chi connectivity index (χ0v) is 16.1. The summed E-state index contributed by atoms with van der Waals surface area (Å²) in [5.41, 5.74) is 2.66. The number of carboxylic acid groups (broad SMARTS) is 1. The lowest BCUT2D eigenvalue weighted by molar-refractivity contribution is -0.139. The Bertz CT molecular complexity index is 801. The molecule has 0 saturated carbocycles. The zero-order chi connectivity index (χ0) is 20.0. The van der Waals surface area contributed by atoms with E-state index in [4.69, 9.17) is 14.6 Å². The summed E-state index contributed by atoms with van der Waals surface area (Å²) in [5.74, 6) is -0.593. The van der Waals surface area contributed by atoms with Crippen LogP contribution in [0.1, 0.15) is 41.4 Å². The van der Waals surface area contributed by atoms with Crippen molar-refractivity contribution in [3.05, 3.63) is 59.2 Å². The van der Waals surface area contributed by atoms with Crippen molar-refractivity contribution in [1.29, 1.82) is 0 Å². The highest BCUT2D eigenvalue weighted by atomic mass is 16.5. The van der Waals surface area contributed by atoms with Gasteiger partial charge in [-0.05, 0) is 44.5 Å². The standard InChI is InChI=1S/C21H25NO5/c1-5-26-19-12-17(10-11-18(19)27-13-20(23)24)21(25)22(4)15(3)16-8-6-14(2)7-9-16/h6-12,15H,5,13H2,1-4H3,(H,23,24). The van der Waals surface area contributed by atoms with E-state index in [0.29, 0.717) is 23.7 Å². The Labute approximate surface area is 159 Å². The molecule has 0 spiro atoms. The minimum Gasteiger partial charge on any atom is -0.490 e. The summed E-state index contributed by atoms with van der Waals surface area (Å²) >= 11 is 0. The minimum atomic E-state index is -1.08. The van der Waals surface area contributed by atoms with Gasteiger partial charge >= 0.3 is 5.97 Å². The maximum absolute atomic E-state index is 12.9. The van der Waals surface area contributed by atoms with Crippen LogP contribution in [-0.2, 0) is 4.79 Å². The van der Waals surface area contributed by atoms with E-state index in [0.717, 1.165) is 5.56 Å². The van der Waals surface area contributed by atoms with Gasteiger partial charge in [-0.25, -0.2) is 4.79 Å². The zero-order valence-electron chi connectivity index (χ0n) is 16.1. The number of aryl methyl sites for hydroxylation is 1. The predicted molar refractivity (Wildman–Crippen MR) is 102 cm³/mol. The number of carbonyl (C=O) groups is 2. The number of aliphatic carboxylic acids is 1. The van der Waals surface area contributed by atoms with Gasteiger partial charge in [0.15, 0.2) is 18.1 Å². The molecule has 144 valence electrons. The first-order valence-electron chi connectivity index (χ1n) is 8.78. The van der Waals surface area contributed by atoms with Gasteiger partial charge in [0.1, 0.15) is 0 Å². The lowest BCUT2D eigenvalue weighted by Gasteiger charge is -2.26. The third kappa shape index (κ3) is 5.23. The number of nitrogens with zero attached hydrogens (tertiary/aromatic N) is 1. The van der Waals surface area contributed by atoms with Crippen molar-refractivity contribution in [1.82, 2.24) is 4.90 Å². The normalized spacial score (nSPS) is 11.6. The van der Waals surface area contributed by atoms with Crippen LogP contribution in [0.15, 0.2) is 42.5 Å². The van der Waals surface area contributed by atoms with E-state index >= 15 is 0 Å². The molecule has 1 atom stereocenters. The van der Waals surface area contributed by atoms with Crippen LogP contribution >= 0.6 is 0 Å². The maximum Gasteiger partial charge on any atom is 0.341 e. The van der Waals surface area contributed by atoms with Crippen LogP contribution < -0.4 is 9.47 Å². The van der Waals surface area contributed by atoms with Gasteiger partial charge in [0.2, 0.25) is 0 Å². The van der Waals surface area contributed by atoms with E-state index in [-0.39, 0.29) is 11.9 Å². The van der Waals surface area contributed by atoms with Gasteiger partial charge < -0.3 is 19.5 Å². The quantitative estimate of drug-likeness (QED) is 0.766. The molecule has 0 heterocycles. The molecule has 6 nitrogen and oxygen atoms in total. The van der Waals surface area contributed by atoms with E-state index < -0.39 is 12.6 Å².